The molecule has 5 aromatic heterocycles. The molecular weight excluding hydrogens is 2230 g/mol. The summed E-state index contributed by atoms with van der Waals surface area (Å²) in [5, 5.41) is 38.0. The van der Waals surface area contributed by atoms with Crippen LogP contribution in [0, 0.1) is 96.0 Å². The van der Waals surface area contributed by atoms with Crippen molar-refractivity contribution in [1.82, 2.24) is 99.0 Å². The van der Waals surface area contributed by atoms with Gasteiger partial charge in [-0.15, -0.1) is 42.7 Å². The number of aryl methyl sites for hydroxylation is 5. The first-order valence-electron chi connectivity index (χ1n) is 36.7. The smallest absolute Gasteiger partial charge is 0.373 e. The molecule has 0 aliphatic rings. The van der Waals surface area contributed by atoms with E-state index in [0.29, 0.717) is 68.3 Å². The molecule has 49 heteroatoms. The summed E-state index contributed by atoms with van der Waals surface area (Å²) >= 11 is 24.0. The molecule has 0 saturated heterocycles. The monoisotopic (exact) mass is 2290 g/mol. The zero-order valence-corrected chi connectivity index (χ0v) is 87.7. The van der Waals surface area contributed by atoms with E-state index < -0.39 is 81.8 Å². The Bertz CT molecular complexity index is 7040. The molecule has 0 saturated carbocycles. The summed E-state index contributed by atoms with van der Waals surface area (Å²) in [5.41, 5.74) is 2.30. The molecule has 5 heterocycles. The van der Waals surface area contributed by atoms with Gasteiger partial charge in [0.05, 0.1) is 40.6 Å². The summed E-state index contributed by atoms with van der Waals surface area (Å²) in [5.74, 6) is 3.78. The third-order valence-corrected chi connectivity index (χ3v) is 18.9. The van der Waals surface area contributed by atoms with Crippen molar-refractivity contribution in [1.29, 1.82) is 0 Å². The number of rotatable bonds is 21. The molecule has 0 N–H and O–H groups in total. The number of aromatic nitrogens is 20. The van der Waals surface area contributed by atoms with E-state index in [1.807, 2.05) is 25.1 Å². The number of ether oxygens (including phenoxy) is 5. The van der Waals surface area contributed by atoms with E-state index in [4.69, 9.17) is 83.1 Å². The second kappa shape index (κ2) is 52.3. The molecule has 134 heavy (non-hydrogen) atoms. The summed E-state index contributed by atoms with van der Waals surface area (Å²) in [6, 6.07) is 45.9. The van der Waals surface area contributed by atoms with Gasteiger partial charge in [-0.2, -0.15) is 137 Å². The molecule has 675 valence electrons. The molecule has 0 amide bonds. The first-order chi connectivity index (χ1) is 61.7. The van der Waals surface area contributed by atoms with Gasteiger partial charge in [0.15, 0.2) is 5.69 Å². The van der Waals surface area contributed by atoms with Crippen LogP contribution < -0.4 is 52.1 Å². The standard InChI is InChI=1S/C18H15ClFN4O2.C18H13ClFN4O2.C17H11ClFN4O2.C16H10ClFN5O2.C16H10F5N4O2.5Y/c2*1-3-5-12-6-4-7-16(24-18(25)23(2)21-22-24)14(12)11-26-17-10-13(20)8-9-15(17)19;1-3-11-5-4-6-15(23-17(24)22(2)20-21-23)13(11)10-25-16-9-12(19)7-8-14(16)18;1-19-13-4-3-5-14(23-16(24)22(2)20-21-23)11(13)9-25-15-8-10(18)6-7-12(15)17;1-24-15(26)25(23-22-24)13-4-2-3-12(18)10(13)8-27-14-7-9(17)5-6-11(14)16(19,20)21;;;;;/h3-7,9-10H,11H2,1-2H3;4,6-7,9-10H,11H2,1-2H3;1,4-6,8-9H,10H2,2H3;3-5,7-8H,9H2,2H3;2-4,6-7H,8H2,1H3;;;;;/q5*-1;;;;;/b5-3+;;;;;;;;;. The van der Waals surface area contributed by atoms with Crippen molar-refractivity contribution in [3.8, 4) is 81.4 Å². The number of hydrogen-bond donors (Lipinski definition) is 0. The minimum Gasteiger partial charge on any atom is -0.514 e. The Labute approximate surface area is 899 Å². The molecule has 0 atom stereocenters. The summed E-state index contributed by atoms with van der Waals surface area (Å²) in [6.45, 7) is 10.1. The molecule has 0 unspecified atom stereocenters. The maximum Gasteiger partial charge on any atom is 0.373 e. The molecule has 15 rings (SSSR count). The van der Waals surface area contributed by atoms with Gasteiger partial charge in [-0.25, -0.2) is 55.2 Å². The van der Waals surface area contributed by atoms with E-state index in [1.54, 1.807) is 79.7 Å². The van der Waals surface area contributed by atoms with Crippen molar-refractivity contribution in [3.63, 3.8) is 0 Å². The van der Waals surface area contributed by atoms with Gasteiger partial charge in [-0.3, -0.25) is 0 Å². The van der Waals surface area contributed by atoms with E-state index in [1.165, 1.54) is 76.3 Å². The SMILES string of the molecule is C#Cc1cccc(-n2nnn(C)c2=O)c1COc1cc(F)[c-]cc1Cl.C/C=C/c1cccc(-n2nnn(C)c2=O)c1COc1cc(F)[c-]cc1Cl.CC#Cc1cccc(-n2nnn(C)c2=O)c1COc1cc(F)[c-]cc1Cl.Cn1nnn(-c2cccc(F)c2COc2cc(F)[c-]cc2C(F)(F)F)c1=O.[C-]#[N+]c1cccc(-n2nnn(C)c2=O)c1COc1cc(F)[c-]cc1Cl.[Y].[Y].[Y].[Y].[Y]. The number of benzene rings is 10. The first-order valence-corrected chi connectivity index (χ1v) is 38.2. The van der Waals surface area contributed by atoms with Crippen molar-refractivity contribution in [2.24, 2.45) is 35.2 Å². The maximum absolute atomic E-state index is 14.2. The number of nitrogens with zero attached hydrogens (tertiary/aromatic N) is 21. The Hall–Kier alpha value is -10.1. The molecule has 15 aromatic rings. The average molecular weight is 2290 g/mol. The zero-order valence-electron chi connectivity index (χ0n) is 70.5. The third-order valence-electron chi connectivity index (χ3n) is 17.7. The maximum atomic E-state index is 14.2. The van der Waals surface area contributed by atoms with Crippen LogP contribution in [0.2, 0.25) is 20.1 Å². The molecule has 0 bridgehead atoms. The van der Waals surface area contributed by atoms with Crippen LogP contribution in [0.25, 0.3) is 39.4 Å². The van der Waals surface area contributed by atoms with Crippen molar-refractivity contribution in [3.05, 3.63) is 357 Å². The quantitative estimate of drug-likeness (QED) is 0.0366. The predicted molar refractivity (Wildman–Crippen MR) is 447 cm³/mol. The summed E-state index contributed by atoms with van der Waals surface area (Å²) in [7, 11) is 7.28. The van der Waals surface area contributed by atoms with Crippen molar-refractivity contribution in [2.75, 3.05) is 0 Å². The van der Waals surface area contributed by atoms with E-state index >= 15 is 0 Å². The number of allylic oxidation sites excluding steroid dienone is 1. The van der Waals surface area contributed by atoms with Crippen LogP contribution in [0.3, 0.4) is 0 Å². The predicted octanol–water partition coefficient (Wildman–Crippen LogP) is 13.1. The molecule has 0 spiro atoms. The number of alkyl halides is 3. The molecule has 10 aromatic carbocycles. The third kappa shape index (κ3) is 28.3. The van der Waals surface area contributed by atoms with Crippen LogP contribution in [-0.2, 0) is 238 Å². The van der Waals surface area contributed by atoms with Crippen LogP contribution in [-0.4, -0.2) is 99.0 Å². The Morgan fingerprint density at radius 1 is 0.410 bits per heavy atom. The second-order valence-corrected chi connectivity index (χ2v) is 27.7. The minimum atomic E-state index is -4.82. The van der Waals surface area contributed by atoms with Gasteiger partial charge >= 0.3 is 34.6 Å². The van der Waals surface area contributed by atoms with E-state index in [9.17, 15) is 63.5 Å². The van der Waals surface area contributed by atoms with Gasteiger partial charge in [0.25, 0.3) is 0 Å². The van der Waals surface area contributed by atoms with E-state index in [2.05, 4.69) is 99.0 Å². The van der Waals surface area contributed by atoms with Crippen molar-refractivity contribution >= 4 is 58.2 Å². The van der Waals surface area contributed by atoms with Crippen molar-refractivity contribution in [2.45, 2.75) is 53.1 Å². The largest absolute Gasteiger partial charge is 0.514 e. The molecule has 31 nitrogen and oxygen atoms in total. The first kappa shape index (κ1) is 113. The second-order valence-electron chi connectivity index (χ2n) is 26.1. The van der Waals surface area contributed by atoms with E-state index in [-0.39, 0.29) is 256 Å². The summed E-state index contributed by atoms with van der Waals surface area (Å²) in [4.78, 5) is 64.1. The van der Waals surface area contributed by atoms with E-state index in [0.717, 1.165) is 78.0 Å². The van der Waals surface area contributed by atoms with Crippen LogP contribution in [0.5, 0.6) is 28.7 Å². The minimum absolute atomic E-state index is 0. The average Bonchev–Trinajstić information content (AvgIpc) is 1.64. The van der Waals surface area contributed by atoms with Crippen LogP contribution >= 0.6 is 46.4 Å². The Balaban J connectivity index is 0.000000255. The Kier molecular flexibility index (Phi) is 44.0. The molecule has 0 aliphatic heterocycles. The Morgan fingerprint density at radius 3 is 1.04 bits per heavy atom. The fraction of sp³-hybridized carbons (Fsp3) is 0.153. The van der Waals surface area contributed by atoms with Crippen molar-refractivity contribution < 1.29 is 227 Å². The van der Waals surface area contributed by atoms with Crippen LogP contribution in [0.15, 0.2) is 182 Å². The Morgan fingerprint density at radius 2 is 0.701 bits per heavy atom. The molecule has 0 aliphatic carbocycles. The summed E-state index contributed by atoms with van der Waals surface area (Å²) < 4.78 is 158. The van der Waals surface area contributed by atoms with Crippen LogP contribution in [0.4, 0.5) is 45.2 Å². The molecule has 0 fully saturated rings. The number of tetrazole rings is 5. The fourth-order valence-electron chi connectivity index (χ4n) is 11.4. The normalized spacial score (nSPS) is 10.4. The van der Waals surface area contributed by atoms with Gasteiger partial charge < -0.3 is 23.7 Å². The number of hydrogen-bond acceptors (Lipinski definition) is 20. The fourth-order valence-corrected chi connectivity index (χ4v) is 12.1. The van der Waals surface area contributed by atoms with Gasteiger partial charge in [0, 0.05) is 290 Å². The number of halogens is 13. The van der Waals surface area contributed by atoms with Gasteiger partial charge in [-0.1, -0.05) is 96.8 Å². The topological polar surface area (TPSA) is 314 Å². The van der Waals surface area contributed by atoms with Gasteiger partial charge in [0.1, 0.15) is 38.9 Å². The van der Waals surface area contributed by atoms with Crippen LogP contribution in [0.1, 0.15) is 63.9 Å². The summed E-state index contributed by atoms with van der Waals surface area (Å²) in [6.07, 6.45) is 4.47. The molecule has 5 radical (unpaired) electrons. The molecular formula is C85H59Cl4F9N21O10Y5-5. The zero-order chi connectivity index (χ0) is 93.1. The van der Waals surface area contributed by atoms with Gasteiger partial charge in [0.2, 0.25) is 0 Å². The van der Waals surface area contributed by atoms with Gasteiger partial charge in [-0.05, 0) is 146 Å². The number of terminal acetylenes is 1.